The van der Waals surface area contributed by atoms with Crippen molar-refractivity contribution in [1.82, 2.24) is 4.68 Å². The van der Waals surface area contributed by atoms with Crippen molar-refractivity contribution in [1.29, 1.82) is 0 Å². The number of aromatic nitrogens is 1. The van der Waals surface area contributed by atoms with E-state index < -0.39 is 0 Å². The first-order valence-electron chi connectivity index (χ1n) is 10.8. The van der Waals surface area contributed by atoms with E-state index in [-0.39, 0.29) is 10.6 Å². The van der Waals surface area contributed by atoms with E-state index in [2.05, 4.69) is 29.6 Å². The smallest absolute Gasteiger partial charge is 0.258 e. The third kappa shape index (κ3) is 4.10. The van der Waals surface area contributed by atoms with Crippen LogP contribution < -0.4 is 4.80 Å². The van der Waals surface area contributed by atoms with Gasteiger partial charge in [-0.15, -0.1) is 11.3 Å². The predicted octanol–water partition coefficient (Wildman–Crippen LogP) is 5.56. The van der Waals surface area contributed by atoms with E-state index >= 15 is 0 Å². The van der Waals surface area contributed by atoms with Crippen molar-refractivity contribution in [2.75, 3.05) is 0 Å². The molecule has 0 saturated heterocycles. The normalized spacial score (nSPS) is 18.5. The number of hydrogen-bond donors (Lipinski definition) is 0. The predicted molar refractivity (Wildman–Crippen MR) is 124 cm³/mol. The Labute approximate surface area is 184 Å². The number of nitro groups is 1. The molecule has 3 aromatic rings. The molecule has 158 valence electrons. The fraction of sp³-hybridized carbons (Fsp3) is 0.333. The average molecular weight is 433 g/mol. The first-order valence-corrected chi connectivity index (χ1v) is 11.7. The van der Waals surface area contributed by atoms with Crippen LogP contribution in [0.2, 0.25) is 0 Å². The molecule has 0 N–H and O–H groups in total. The third-order valence-electron chi connectivity index (χ3n) is 6.11. The van der Waals surface area contributed by atoms with Crippen LogP contribution in [0.3, 0.4) is 0 Å². The second-order valence-electron chi connectivity index (χ2n) is 8.14. The molecule has 0 atom stereocenters. The topological polar surface area (TPSA) is 72.8 Å². The molecule has 0 unspecified atom stereocenters. The van der Waals surface area contributed by atoms with Crippen LogP contribution in [0.1, 0.15) is 49.7 Å². The number of rotatable bonds is 4. The molecule has 0 aliphatic heterocycles. The Kier molecular flexibility index (Phi) is 5.51. The lowest BCUT2D eigenvalue weighted by Gasteiger charge is -2.17. The van der Waals surface area contributed by atoms with Crippen molar-refractivity contribution in [3.63, 3.8) is 0 Å². The molecular weight excluding hydrogens is 408 g/mol. The molecule has 6 nitrogen and oxygen atoms in total. The van der Waals surface area contributed by atoms with Crippen LogP contribution in [-0.4, -0.2) is 21.4 Å². The second kappa shape index (κ2) is 8.59. The lowest BCUT2D eigenvalue weighted by atomic mass is 9.96. The summed E-state index contributed by atoms with van der Waals surface area (Å²) in [5.74, 6) is 0. The number of fused-ring (bicyclic) bond motifs is 1. The summed E-state index contributed by atoms with van der Waals surface area (Å²) in [6, 6.07) is 15.5. The molecular formula is C24H24N4O2S. The van der Waals surface area contributed by atoms with E-state index in [1.807, 2.05) is 4.68 Å². The zero-order valence-electron chi connectivity index (χ0n) is 17.2. The van der Waals surface area contributed by atoms with Crippen LogP contribution in [0.25, 0.3) is 11.3 Å². The summed E-state index contributed by atoms with van der Waals surface area (Å²) in [5.41, 5.74) is 5.53. The van der Waals surface area contributed by atoms with Gasteiger partial charge >= 0.3 is 0 Å². The van der Waals surface area contributed by atoms with Crippen molar-refractivity contribution >= 4 is 22.7 Å². The first-order chi connectivity index (χ1) is 15.2. The van der Waals surface area contributed by atoms with Crippen molar-refractivity contribution in [3.8, 4) is 11.3 Å². The van der Waals surface area contributed by atoms with Gasteiger partial charge in [-0.05, 0) is 43.4 Å². The molecule has 2 aliphatic carbocycles. The number of hydrogen-bond acceptors (Lipinski definition) is 5. The highest BCUT2D eigenvalue weighted by Crippen LogP contribution is 2.27. The van der Waals surface area contributed by atoms with Gasteiger partial charge in [0.05, 0.1) is 22.4 Å². The monoisotopic (exact) mass is 432 g/mol. The summed E-state index contributed by atoms with van der Waals surface area (Å²) >= 11 is 1.60. The lowest BCUT2D eigenvalue weighted by molar-refractivity contribution is -0.384. The Hall–Kier alpha value is -3.06. The fourth-order valence-corrected chi connectivity index (χ4v) is 5.34. The van der Waals surface area contributed by atoms with Gasteiger partial charge in [-0.1, -0.05) is 43.5 Å². The Morgan fingerprint density at radius 1 is 1.00 bits per heavy atom. The average Bonchev–Trinajstić information content (AvgIpc) is 3.39. The maximum absolute atomic E-state index is 11.1. The summed E-state index contributed by atoms with van der Waals surface area (Å²) in [6.45, 7) is 0. The molecule has 7 heteroatoms. The molecule has 0 spiro atoms. The quantitative estimate of drug-likeness (QED) is 0.400. The van der Waals surface area contributed by atoms with Gasteiger partial charge in [0.2, 0.25) is 4.80 Å². The number of aryl methyl sites for hydroxylation is 1. The highest BCUT2D eigenvalue weighted by molar-refractivity contribution is 7.07. The minimum absolute atomic E-state index is 0.0914. The lowest BCUT2D eigenvalue weighted by Crippen LogP contribution is -2.19. The van der Waals surface area contributed by atoms with Crippen molar-refractivity contribution in [2.24, 2.45) is 10.1 Å². The summed E-state index contributed by atoms with van der Waals surface area (Å²) < 4.78 is 1.96. The molecule has 1 fully saturated rings. The zero-order chi connectivity index (χ0) is 21.2. The summed E-state index contributed by atoms with van der Waals surface area (Å²) in [6.07, 6.45) is 7.93. The molecule has 0 bridgehead atoms. The minimum atomic E-state index is -0.370. The van der Waals surface area contributed by atoms with E-state index in [9.17, 15) is 10.1 Å². The van der Waals surface area contributed by atoms with E-state index in [0.717, 1.165) is 47.5 Å². The summed E-state index contributed by atoms with van der Waals surface area (Å²) in [5, 5.41) is 18.2. The van der Waals surface area contributed by atoms with Gasteiger partial charge in [0, 0.05) is 28.6 Å². The second-order valence-corrected chi connectivity index (χ2v) is 8.98. The van der Waals surface area contributed by atoms with Crippen LogP contribution in [0.15, 0.2) is 64.0 Å². The largest absolute Gasteiger partial charge is 0.269 e. The number of thiazole rings is 1. The maximum atomic E-state index is 11.1. The van der Waals surface area contributed by atoms with E-state index in [4.69, 9.17) is 10.1 Å². The van der Waals surface area contributed by atoms with Crippen LogP contribution in [0, 0.1) is 10.1 Å². The Bertz CT molecular complexity index is 1200. The van der Waals surface area contributed by atoms with Crippen LogP contribution in [-0.2, 0) is 6.42 Å². The number of nitro benzene ring substituents is 1. The van der Waals surface area contributed by atoms with Crippen LogP contribution >= 0.6 is 11.3 Å². The van der Waals surface area contributed by atoms with E-state index in [1.165, 1.54) is 30.4 Å². The van der Waals surface area contributed by atoms with Crippen LogP contribution in [0.4, 0.5) is 5.69 Å². The van der Waals surface area contributed by atoms with E-state index in [1.54, 1.807) is 35.6 Å². The molecule has 5 rings (SSSR count). The highest BCUT2D eigenvalue weighted by atomic mass is 32.1. The standard InChI is InChI=1S/C24H24N4O2S/c29-28(30)20-13-10-18(11-14-20)23-16-31-24(25-19-7-2-1-3-8-19)27(23)26-22-15-12-17-6-4-5-9-21(17)22/h4-6,9-11,13-14,16,19H,1-3,7-8,12,15H2. The molecule has 1 aromatic heterocycles. The minimum Gasteiger partial charge on any atom is -0.258 e. The number of nitrogens with zero attached hydrogens (tertiary/aromatic N) is 4. The first kappa shape index (κ1) is 19.9. The van der Waals surface area contributed by atoms with E-state index in [0.29, 0.717) is 6.04 Å². The fourth-order valence-electron chi connectivity index (χ4n) is 4.44. The molecule has 0 radical (unpaired) electrons. The van der Waals surface area contributed by atoms with Gasteiger partial charge < -0.3 is 0 Å². The Morgan fingerprint density at radius 3 is 2.55 bits per heavy atom. The van der Waals surface area contributed by atoms with Gasteiger partial charge in [-0.2, -0.15) is 5.10 Å². The maximum Gasteiger partial charge on any atom is 0.269 e. The molecule has 1 heterocycles. The molecule has 1 saturated carbocycles. The van der Waals surface area contributed by atoms with Crippen molar-refractivity contribution in [2.45, 2.75) is 51.0 Å². The number of non-ortho nitro benzene ring substituents is 1. The van der Waals surface area contributed by atoms with Gasteiger partial charge in [0.15, 0.2) is 0 Å². The highest BCUT2D eigenvalue weighted by Gasteiger charge is 2.19. The molecule has 2 aromatic carbocycles. The van der Waals surface area contributed by atoms with Gasteiger partial charge in [0.25, 0.3) is 5.69 Å². The molecule has 2 aliphatic rings. The van der Waals surface area contributed by atoms with Crippen molar-refractivity contribution in [3.05, 3.63) is 80.0 Å². The molecule has 31 heavy (non-hydrogen) atoms. The van der Waals surface area contributed by atoms with Gasteiger partial charge in [-0.25, -0.2) is 4.68 Å². The van der Waals surface area contributed by atoms with Gasteiger partial charge in [0.1, 0.15) is 0 Å². The summed E-state index contributed by atoms with van der Waals surface area (Å²) in [4.78, 5) is 16.7. The van der Waals surface area contributed by atoms with Gasteiger partial charge in [-0.3, -0.25) is 15.1 Å². The Balaban J connectivity index is 1.61. The summed E-state index contributed by atoms with van der Waals surface area (Å²) in [7, 11) is 0. The zero-order valence-corrected chi connectivity index (χ0v) is 18.1. The SMILES string of the molecule is O=[N+]([O-])c1ccc(-c2csc(=NC3CCCCC3)n2N=C2CCc3ccccc32)cc1. The van der Waals surface area contributed by atoms with Crippen molar-refractivity contribution < 1.29 is 4.92 Å². The molecule has 0 amide bonds. The van der Waals surface area contributed by atoms with Crippen LogP contribution in [0.5, 0.6) is 0 Å². The Morgan fingerprint density at radius 2 is 1.77 bits per heavy atom. The number of benzene rings is 2. The third-order valence-corrected chi connectivity index (χ3v) is 6.94.